The fourth-order valence-corrected chi connectivity index (χ4v) is 4.32. The lowest BCUT2D eigenvalue weighted by molar-refractivity contribution is 0.0731. The summed E-state index contributed by atoms with van der Waals surface area (Å²) < 4.78 is 1.80. The van der Waals surface area contributed by atoms with E-state index in [9.17, 15) is 9.59 Å². The smallest absolute Gasteiger partial charge is 0.270 e. The van der Waals surface area contributed by atoms with Crippen LogP contribution in [0.1, 0.15) is 33.5 Å². The van der Waals surface area contributed by atoms with Crippen LogP contribution in [0.2, 0.25) is 0 Å². The van der Waals surface area contributed by atoms with Gasteiger partial charge in [-0.05, 0) is 31.0 Å². The average molecular weight is 433 g/mol. The minimum absolute atomic E-state index is 0.0815. The molecule has 1 N–H and O–H groups in total. The summed E-state index contributed by atoms with van der Waals surface area (Å²) in [6.07, 6.45) is 1.84. The minimum Gasteiger partial charge on any atom is -0.349 e. The minimum atomic E-state index is -0.194. The Morgan fingerprint density at radius 3 is 2.61 bits per heavy atom. The molecule has 0 unspecified atom stereocenters. The van der Waals surface area contributed by atoms with Gasteiger partial charge in [-0.2, -0.15) is 0 Å². The van der Waals surface area contributed by atoms with Crippen LogP contribution in [0.5, 0.6) is 0 Å². The third-order valence-corrected chi connectivity index (χ3v) is 6.19. The lowest BCUT2D eigenvalue weighted by Gasteiger charge is -2.26. The highest BCUT2D eigenvalue weighted by Gasteiger charge is 2.22. The molecule has 0 radical (unpaired) electrons. The second-order valence-electron chi connectivity index (χ2n) is 7.49. The summed E-state index contributed by atoms with van der Waals surface area (Å²) in [7, 11) is 1.77. The molecule has 0 fully saturated rings. The van der Waals surface area contributed by atoms with Gasteiger partial charge in [0.15, 0.2) is 4.96 Å². The molecule has 2 heterocycles. The number of nitrogens with one attached hydrogen (secondary N) is 1. The molecule has 4 rings (SSSR count). The first-order valence-corrected chi connectivity index (χ1v) is 11.0. The van der Waals surface area contributed by atoms with Crippen molar-refractivity contribution in [2.75, 3.05) is 13.6 Å². The van der Waals surface area contributed by atoms with Gasteiger partial charge < -0.3 is 10.2 Å². The van der Waals surface area contributed by atoms with Gasteiger partial charge in [0.2, 0.25) is 0 Å². The molecular weight excluding hydrogens is 408 g/mol. The number of hydrogen-bond acceptors (Lipinski definition) is 4. The summed E-state index contributed by atoms with van der Waals surface area (Å²) >= 11 is 1.49. The zero-order chi connectivity index (χ0) is 22.0. The predicted molar refractivity (Wildman–Crippen MR) is 124 cm³/mol. The second kappa shape index (κ2) is 8.73. The summed E-state index contributed by atoms with van der Waals surface area (Å²) in [4.78, 5) is 32.9. The van der Waals surface area contributed by atoms with Gasteiger partial charge in [0.25, 0.3) is 11.8 Å². The highest BCUT2D eigenvalue weighted by atomic mass is 32.1. The number of hydrogen-bond donors (Lipinski definition) is 1. The van der Waals surface area contributed by atoms with Crippen molar-refractivity contribution >= 4 is 28.1 Å². The van der Waals surface area contributed by atoms with E-state index >= 15 is 0 Å². The number of likely N-dealkylation sites (N-methyl/N-ethyl adjacent to an activating group) is 1. The van der Waals surface area contributed by atoms with Crippen molar-refractivity contribution in [1.29, 1.82) is 0 Å². The first kappa shape index (κ1) is 20.8. The number of rotatable bonds is 6. The maximum Gasteiger partial charge on any atom is 0.270 e. The SMILES string of the molecule is Cc1nc2sccn2c1C(=O)NC[C@H](C)N(C)C(=O)c1ccccc1-c1ccccc1. The zero-order valence-corrected chi connectivity index (χ0v) is 18.5. The van der Waals surface area contributed by atoms with Gasteiger partial charge in [0, 0.05) is 36.8 Å². The largest absolute Gasteiger partial charge is 0.349 e. The van der Waals surface area contributed by atoms with E-state index in [-0.39, 0.29) is 17.9 Å². The van der Waals surface area contributed by atoms with Crippen LogP contribution >= 0.6 is 11.3 Å². The fraction of sp³-hybridized carbons (Fsp3) is 0.208. The molecule has 0 aliphatic carbocycles. The Bertz CT molecular complexity index is 1230. The van der Waals surface area contributed by atoms with E-state index in [1.165, 1.54) is 11.3 Å². The molecule has 0 aliphatic heterocycles. The van der Waals surface area contributed by atoms with Gasteiger partial charge in [0.1, 0.15) is 5.69 Å². The summed E-state index contributed by atoms with van der Waals surface area (Å²) in [6, 6.07) is 17.3. The standard InChI is InChI=1S/C24H24N4O2S/c1-16(15-25-22(29)21-17(2)26-24-28(21)13-14-31-24)27(3)23(30)20-12-8-7-11-19(20)18-9-5-4-6-10-18/h4-14,16H,15H2,1-3H3,(H,25,29)/t16-/m0/s1. The van der Waals surface area contributed by atoms with Crippen molar-refractivity contribution in [3.63, 3.8) is 0 Å². The molecule has 0 spiro atoms. The summed E-state index contributed by atoms with van der Waals surface area (Å²) in [6.45, 7) is 4.09. The van der Waals surface area contributed by atoms with Crippen LogP contribution in [0.4, 0.5) is 0 Å². The lowest BCUT2D eigenvalue weighted by atomic mass is 9.98. The number of carbonyl (C=O) groups excluding carboxylic acids is 2. The van der Waals surface area contributed by atoms with Crippen LogP contribution in [0.3, 0.4) is 0 Å². The molecule has 158 valence electrons. The molecular formula is C24H24N4O2S. The third kappa shape index (κ3) is 4.09. The third-order valence-electron chi connectivity index (χ3n) is 5.43. The van der Waals surface area contributed by atoms with Crippen molar-refractivity contribution in [2.24, 2.45) is 0 Å². The first-order valence-electron chi connectivity index (χ1n) is 10.1. The normalized spacial score (nSPS) is 12.0. The summed E-state index contributed by atoms with van der Waals surface area (Å²) in [5.74, 6) is -0.275. The van der Waals surface area contributed by atoms with Crippen LogP contribution < -0.4 is 5.32 Å². The molecule has 2 amide bonds. The van der Waals surface area contributed by atoms with Gasteiger partial charge in [0.05, 0.1) is 5.69 Å². The molecule has 7 heteroatoms. The maximum absolute atomic E-state index is 13.2. The fourth-order valence-electron chi connectivity index (χ4n) is 3.56. The molecule has 0 saturated heterocycles. The monoisotopic (exact) mass is 432 g/mol. The number of nitrogens with zero attached hydrogens (tertiary/aromatic N) is 3. The van der Waals surface area contributed by atoms with Gasteiger partial charge in [-0.15, -0.1) is 11.3 Å². The molecule has 1 atom stereocenters. The molecule has 2 aromatic heterocycles. The Morgan fingerprint density at radius 1 is 1.13 bits per heavy atom. The Labute approximate surface area is 185 Å². The molecule has 0 saturated carbocycles. The van der Waals surface area contributed by atoms with E-state index in [1.807, 2.05) is 80.0 Å². The van der Waals surface area contributed by atoms with Gasteiger partial charge in [-0.25, -0.2) is 4.98 Å². The number of aryl methyl sites for hydroxylation is 1. The quantitative estimate of drug-likeness (QED) is 0.495. The van der Waals surface area contributed by atoms with Crippen molar-refractivity contribution < 1.29 is 9.59 Å². The van der Waals surface area contributed by atoms with Crippen LogP contribution in [0.25, 0.3) is 16.1 Å². The second-order valence-corrected chi connectivity index (χ2v) is 8.36. The summed E-state index contributed by atoms with van der Waals surface area (Å²) in [5.41, 5.74) is 3.76. The average Bonchev–Trinajstić information content (AvgIpc) is 3.36. The van der Waals surface area contributed by atoms with E-state index in [0.29, 0.717) is 23.5 Å². The van der Waals surface area contributed by atoms with Crippen molar-refractivity contribution in [2.45, 2.75) is 19.9 Å². The van der Waals surface area contributed by atoms with Gasteiger partial charge in [-0.3, -0.25) is 14.0 Å². The van der Waals surface area contributed by atoms with E-state index in [2.05, 4.69) is 10.3 Å². The van der Waals surface area contributed by atoms with Crippen LogP contribution in [-0.4, -0.2) is 45.7 Å². The van der Waals surface area contributed by atoms with Crippen molar-refractivity contribution in [1.82, 2.24) is 19.6 Å². The molecule has 31 heavy (non-hydrogen) atoms. The van der Waals surface area contributed by atoms with E-state index in [0.717, 1.165) is 16.1 Å². The van der Waals surface area contributed by atoms with Crippen molar-refractivity contribution in [3.05, 3.63) is 83.1 Å². The number of imidazole rings is 1. The summed E-state index contributed by atoms with van der Waals surface area (Å²) in [5, 5.41) is 4.85. The zero-order valence-electron chi connectivity index (χ0n) is 17.7. The maximum atomic E-state index is 13.2. The number of benzene rings is 2. The van der Waals surface area contributed by atoms with Gasteiger partial charge in [-0.1, -0.05) is 48.5 Å². The number of aromatic nitrogens is 2. The van der Waals surface area contributed by atoms with E-state index in [1.54, 1.807) is 16.3 Å². The number of fused-ring (bicyclic) bond motifs is 1. The number of amides is 2. The highest BCUT2D eigenvalue weighted by molar-refractivity contribution is 7.15. The molecule has 4 aromatic rings. The van der Waals surface area contributed by atoms with Crippen LogP contribution in [0.15, 0.2) is 66.2 Å². The Morgan fingerprint density at radius 2 is 1.84 bits per heavy atom. The van der Waals surface area contributed by atoms with E-state index in [4.69, 9.17) is 0 Å². The number of carbonyl (C=O) groups is 2. The van der Waals surface area contributed by atoms with Crippen LogP contribution in [-0.2, 0) is 0 Å². The molecule has 0 aliphatic rings. The molecule has 2 aromatic carbocycles. The number of thiazole rings is 1. The predicted octanol–water partition coefficient (Wildman–Crippen LogP) is 4.26. The van der Waals surface area contributed by atoms with Gasteiger partial charge >= 0.3 is 0 Å². The Balaban J connectivity index is 1.47. The van der Waals surface area contributed by atoms with Crippen molar-refractivity contribution in [3.8, 4) is 11.1 Å². The van der Waals surface area contributed by atoms with Crippen LogP contribution in [0, 0.1) is 6.92 Å². The first-order chi connectivity index (χ1) is 15.0. The molecule has 6 nitrogen and oxygen atoms in total. The lowest BCUT2D eigenvalue weighted by Crippen LogP contribution is -2.43. The topological polar surface area (TPSA) is 66.7 Å². The van der Waals surface area contributed by atoms with E-state index < -0.39 is 0 Å². The Hall–Kier alpha value is -3.45. The Kier molecular flexibility index (Phi) is 5.86. The molecule has 0 bridgehead atoms. The highest BCUT2D eigenvalue weighted by Crippen LogP contribution is 2.25.